The maximum absolute atomic E-state index is 11.8. The topological polar surface area (TPSA) is 38.3 Å². The van der Waals surface area contributed by atoms with Gasteiger partial charge in [0.05, 0.1) is 6.61 Å². The fourth-order valence-electron chi connectivity index (χ4n) is 1.51. The first-order valence-corrected chi connectivity index (χ1v) is 7.62. The summed E-state index contributed by atoms with van der Waals surface area (Å²) >= 11 is 7.62. The summed E-state index contributed by atoms with van der Waals surface area (Å²) < 4.78 is 5.06. The molecule has 18 heavy (non-hydrogen) atoms. The molecule has 0 aliphatic rings. The molecule has 0 amide bonds. The molecule has 5 heteroatoms. The minimum atomic E-state index is -0.323. The minimum absolute atomic E-state index is 0.216. The van der Waals surface area contributed by atoms with E-state index in [0.29, 0.717) is 11.6 Å². The Balaban J connectivity index is 2.68. The summed E-state index contributed by atoms with van der Waals surface area (Å²) in [7, 11) is 0. The van der Waals surface area contributed by atoms with E-state index in [0.717, 1.165) is 17.9 Å². The molecule has 0 aromatic heterocycles. The first-order valence-electron chi connectivity index (χ1n) is 5.85. The van der Waals surface area contributed by atoms with Crippen molar-refractivity contribution in [3.05, 3.63) is 29.3 Å². The molecule has 1 aromatic carbocycles. The molecule has 0 spiro atoms. The fourth-order valence-corrected chi connectivity index (χ4v) is 2.17. The lowest BCUT2D eigenvalue weighted by Crippen LogP contribution is -2.32. The van der Waals surface area contributed by atoms with Gasteiger partial charge in [0.2, 0.25) is 0 Å². The third kappa shape index (κ3) is 5.19. The highest BCUT2D eigenvalue weighted by molar-refractivity contribution is 7.98. The van der Waals surface area contributed by atoms with Gasteiger partial charge < -0.3 is 10.1 Å². The summed E-state index contributed by atoms with van der Waals surface area (Å²) in [6.45, 7) is 2.20. The van der Waals surface area contributed by atoms with E-state index in [-0.39, 0.29) is 12.0 Å². The Morgan fingerprint density at radius 3 is 2.94 bits per heavy atom. The van der Waals surface area contributed by atoms with Gasteiger partial charge in [-0.1, -0.05) is 17.7 Å². The van der Waals surface area contributed by atoms with E-state index in [2.05, 4.69) is 5.32 Å². The summed E-state index contributed by atoms with van der Waals surface area (Å²) in [5.74, 6) is 0.684. The van der Waals surface area contributed by atoms with Gasteiger partial charge in [-0.05, 0) is 43.6 Å². The summed E-state index contributed by atoms with van der Waals surface area (Å²) in [6.07, 6.45) is 2.74. The normalized spacial score (nSPS) is 11.9. The number of anilines is 1. The Bertz CT molecular complexity index is 387. The lowest BCUT2D eigenvalue weighted by molar-refractivity contribution is -0.144. The summed E-state index contributed by atoms with van der Waals surface area (Å²) in [6, 6.07) is 7.01. The Labute approximate surface area is 117 Å². The third-order valence-corrected chi connectivity index (χ3v) is 3.23. The number of esters is 1. The van der Waals surface area contributed by atoms with Gasteiger partial charge in [-0.15, -0.1) is 0 Å². The smallest absolute Gasteiger partial charge is 0.328 e. The number of hydrogen-bond donors (Lipinski definition) is 1. The molecular weight excluding hydrogens is 270 g/mol. The Morgan fingerprint density at radius 2 is 2.33 bits per heavy atom. The highest BCUT2D eigenvalue weighted by Gasteiger charge is 2.19. The molecule has 0 heterocycles. The molecule has 0 radical (unpaired) electrons. The maximum Gasteiger partial charge on any atom is 0.328 e. The van der Waals surface area contributed by atoms with Crippen molar-refractivity contribution in [3.8, 4) is 0 Å². The third-order valence-electron chi connectivity index (χ3n) is 2.35. The van der Waals surface area contributed by atoms with Gasteiger partial charge in [-0.2, -0.15) is 11.8 Å². The summed E-state index contributed by atoms with van der Waals surface area (Å²) in [5, 5.41) is 3.81. The van der Waals surface area contributed by atoms with Crippen molar-refractivity contribution < 1.29 is 9.53 Å². The highest BCUT2D eigenvalue weighted by atomic mass is 35.5. The predicted octanol–water partition coefficient (Wildman–Crippen LogP) is 3.44. The van der Waals surface area contributed by atoms with Gasteiger partial charge >= 0.3 is 5.97 Å². The second-order valence-corrected chi connectivity index (χ2v) is 5.16. The summed E-state index contributed by atoms with van der Waals surface area (Å²) in [5.41, 5.74) is 0.835. The van der Waals surface area contributed by atoms with Crippen LogP contribution in [0.2, 0.25) is 5.02 Å². The second kappa shape index (κ2) is 8.27. The zero-order chi connectivity index (χ0) is 13.4. The molecule has 0 fully saturated rings. The molecule has 1 N–H and O–H groups in total. The van der Waals surface area contributed by atoms with Crippen LogP contribution in [0.1, 0.15) is 13.3 Å². The van der Waals surface area contributed by atoms with E-state index in [1.165, 1.54) is 0 Å². The van der Waals surface area contributed by atoms with E-state index < -0.39 is 0 Å². The van der Waals surface area contributed by atoms with Gasteiger partial charge in [0.25, 0.3) is 0 Å². The zero-order valence-corrected chi connectivity index (χ0v) is 12.2. The van der Waals surface area contributed by atoms with Crippen LogP contribution in [0.3, 0.4) is 0 Å². The number of hydrogen-bond acceptors (Lipinski definition) is 4. The Hall–Kier alpha value is -0.870. The van der Waals surface area contributed by atoms with Crippen LogP contribution in [-0.4, -0.2) is 30.6 Å². The molecule has 1 rings (SSSR count). The van der Waals surface area contributed by atoms with Crippen LogP contribution in [-0.2, 0) is 9.53 Å². The first-order chi connectivity index (χ1) is 8.67. The molecule has 1 unspecified atom stereocenters. The van der Waals surface area contributed by atoms with Crippen molar-refractivity contribution in [1.29, 1.82) is 0 Å². The van der Waals surface area contributed by atoms with Gasteiger partial charge in [-0.3, -0.25) is 0 Å². The van der Waals surface area contributed by atoms with E-state index in [9.17, 15) is 4.79 Å². The number of rotatable bonds is 7. The second-order valence-electron chi connectivity index (χ2n) is 3.74. The maximum atomic E-state index is 11.8. The number of carbonyl (C=O) groups is 1. The van der Waals surface area contributed by atoms with Crippen LogP contribution in [0.25, 0.3) is 0 Å². The molecule has 0 saturated heterocycles. The van der Waals surface area contributed by atoms with Crippen molar-refractivity contribution >= 4 is 35.0 Å². The number of halogens is 1. The summed E-state index contributed by atoms with van der Waals surface area (Å²) in [4.78, 5) is 11.8. The lowest BCUT2D eigenvalue weighted by atomic mass is 10.2. The van der Waals surface area contributed by atoms with Gasteiger partial charge in [0.15, 0.2) is 0 Å². The largest absolute Gasteiger partial charge is 0.464 e. The minimum Gasteiger partial charge on any atom is -0.464 e. The van der Waals surface area contributed by atoms with Gasteiger partial charge in [0.1, 0.15) is 6.04 Å². The van der Waals surface area contributed by atoms with Crippen LogP contribution in [0.5, 0.6) is 0 Å². The quantitative estimate of drug-likeness (QED) is 0.780. The van der Waals surface area contributed by atoms with Crippen molar-refractivity contribution in [2.24, 2.45) is 0 Å². The lowest BCUT2D eigenvalue weighted by Gasteiger charge is -2.18. The van der Waals surface area contributed by atoms with Crippen LogP contribution >= 0.6 is 23.4 Å². The van der Waals surface area contributed by atoms with Crippen molar-refractivity contribution in [3.63, 3.8) is 0 Å². The standard InChI is InChI=1S/C13H18ClNO2S/c1-3-17-13(16)12(7-8-18-2)15-11-6-4-5-10(14)9-11/h4-6,9,12,15H,3,7-8H2,1-2H3. The average Bonchev–Trinajstić information content (AvgIpc) is 2.34. The monoisotopic (exact) mass is 287 g/mol. The van der Waals surface area contributed by atoms with Gasteiger partial charge in [-0.25, -0.2) is 4.79 Å². The number of ether oxygens (including phenoxy) is 1. The van der Waals surface area contributed by atoms with Crippen molar-refractivity contribution in [2.75, 3.05) is 23.9 Å². The molecular formula is C13H18ClNO2S. The Morgan fingerprint density at radius 1 is 1.56 bits per heavy atom. The molecule has 0 bridgehead atoms. The predicted molar refractivity (Wildman–Crippen MR) is 78.5 cm³/mol. The van der Waals surface area contributed by atoms with Crippen LogP contribution in [0, 0.1) is 0 Å². The number of thioether (sulfide) groups is 1. The van der Waals surface area contributed by atoms with Crippen LogP contribution < -0.4 is 5.32 Å². The van der Waals surface area contributed by atoms with E-state index in [1.807, 2.05) is 25.3 Å². The Kier molecular flexibility index (Phi) is 6.98. The highest BCUT2D eigenvalue weighted by Crippen LogP contribution is 2.17. The number of nitrogens with one attached hydrogen (secondary N) is 1. The number of benzene rings is 1. The molecule has 1 atom stereocenters. The number of carbonyl (C=O) groups excluding carboxylic acids is 1. The van der Waals surface area contributed by atoms with Crippen LogP contribution in [0.15, 0.2) is 24.3 Å². The van der Waals surface area contributed by atoms with Crippen LogP contribution in [0.4, 0.5) is 5.69 Å². The molecule has 100 valence electrons. The molecule has 0 aliphatic heterocycles. The van der Waals surface area contributed by atoms with Crippen molar-refractivity contribution in [2.45, 2.75) is 19.4 Å². The van der Waals surface area contributed by atoms with Crippen molar-refractivity contribution in [1.82, 2.24) is 0 Å². The van der Waals surface area contributed by atoms with E-state index >= 15 is 0 Å². The van der Waals surface area contributed by atoms with E-state index in [1.54, 1.807) is 23.9 Å². The first kappa shape index (κ1) is 15.2. The van der Waals surface area contributed by atoms with Gasteiger partial charge in [0, 0.05) is 10.7 Å². The molecule has 3 nitrogen and oxygen atoms in total. The fraction of sp³-hybridized carbons (Fsp3) is 0.462. The molecule has 0 aliphatic carbocycles. The average molecular weight is 288 g/mol. The molecule has 1 aromatic rings. The molecule has 0 saturated carbocycles. The van der Waals surface area contributed by atoms with E-state index in [4.69, 9.17) is 16.3 Å². The zero-order valence-electron chi connectivity index (χ0n) is 10.6. The SMILES string of the molecule is CCOC(=O)C(CCSC)Nc1cccc(Cl)c1.